The molecule has 142 valence electrons. The molecule has 0 radical (unpaired) electrons. The number of likely N-dealkylation sites (tertiary alicyclic amines) is 1. The highest BCUT2D eigenvalue weighted by molar-refractivity contribution is 5.62. The van der Waals surface area contributed by atoms with Crippen LogP contribution in [0.3, 0.4) is 0 Å². The molecule has 1 atom stereocenters. The van der Waals surface area contributed by atoms with Crippen LogP contribution in [0.2, 0.25) is 0 Å². The summed E-state index contributed by atoms with van der Waals surface area (Å²) in [5, 5.41) is 13.8. The van der Waals surface area contributed by atoms with Crippen molar-refractivity contribution in [3.05, 3.63) is 35.2 Å². The normalized spacial score (nSPS) is 20.9. The maximum Gasteiger partial charge on any atom is 0.417 e. The van der Waals surface area contributed by atoms with Crippen molar-refractivity contribution < 1.29 is 13.2 Å². The zero-order valence-electron chi connectivity index (χ0n) is 15.0. The number of anilines is 1. The highest BCUT2D eigenvalue weighted by Crippen LogP contribution is 2.38. The Bertz CT molecular complexity index is 907. The van der Waals surface area contributed by atoms with Gasteiger partial charge in [-0.2, -0.15) is 23.5 Å². The van der Waals surface area contributed by atoms with E-state index in [2.05, 4.69) is 15.0 Å². The summed E-state index contributed by atoms with van der Waals surface area (Å²) >= 11 is 0. The average molecular weight is 376 g/mol. The molecule has 0 saturated carbocycles. The van der Waals surface area contributed by atoms with Gasteiger partial charge in [0.25, 0.3) is 0 Å². The van der Waals surface area contributed by atoms with Crippen LogP contribution >= 0.6 is 0 Å². The van der Waals surface area contributed by atoms with E-state index in [4.69, 9.17) is 0 Å². The predicted molar refractivity (Wildman–Crippen MR) is 92.7 cm³/mol. The van der Waals surface area contributed by atoms with Crippen LogP contribution in [0.1, 0.15) is 36.1 Å². The number of likely N-dealkylation sites (N-methyl/N-ethyl adjacent to an activating group) is 1. The lowest BCUT2D eigenvalue weighted by Crippen LogP contribution is -2.47. The molecule has 9 heteroatoms. The third-order valence-electron chi connectivity index (χ3n) is 5.32. The molecule has 6 nitrogen and oxygen atoms in total. The van der Waals surface area contributed by atoms with E-state index in [0.717, 1.165) is 31.3 Å². The highest BCUT2D eigenvalue weighted by atomic mass is 19.4. The molecule has 0 amide bonds. The minimum absolute atomic E-state index is 0.0552. The molecule has 0 N–H and O–H groups in total. The van der Waals surface area contributed by atoms with Crippen LogP contribution in [-0.2, 0) is 6.18 Å². The Balaban J connectivity index is 1.79. The van der Waals surface area contributed by atoms with Gasteiger partial charge in [-0.3, -0.25) is 0 Å². The van der Waals surface area contributed by atoms with Crippen molar-refractivity contribution in [3.8, 4) is 11.9 Å². The van der Waals surface area contributed by atoms with Crippen molar-refractivity contribution in [1.82, 2.24) is 19.7 Å². The first-order valence-electron chi connectivity index (χ1n) is 8.81. The fourth-order valence-corrected chi connectivity index (χ4v) is 3.58. The van der Waals surface area contributed by atoms with Gasteiger partial charge in [0, 0.05) is 37.8 Å². The molecule has 0 bridgehead atoms. The minimum atomic E-state index is -4.64. The molecular formula is C18H19F3N6. The van der Waals surface area contributed by atoms with E-state index >= 15 is 0 Å². The summed E-state index contributed by atoms with van der Waals surface area (Å²) in [5.74, 6) is 0.447. The van der Waals surface area contributed by atoms with Gasteiger partial charge in [-0.1, -0.05) is 0 Å². The van der Waals surface area contributed by atoms with Crippen LogP contribution in [0.25, 0.3) is 5.82 Å². The predicted octanol–water partition coefficient (Wildman–Crippen LogP) is 2.79. The van der Waals surface area contributed by atoms with Crippen LogP contribution in [0.4, 0.5) is 19.0 Å². The minimum Gasteiger partial charge on any atom is -0.353 e. The lowest BCUT2D eigenvalue weighted by Gasteiger charge is -2.40. The largest absolute Gasteiger partial charge is 0.417 e. The number of nitrogens with zero attached hydrogens (tertiary/aromatic N) is 6. The smallest absolute Gasteiger partial charge is 0.353 e. The quantitative estimate of drug-likeness (QED) is 0.824. The monoisotopic (exact) mass is 376 g/mol. The van der Waals surface area contributed by atoms with Gasteiger partial charge in [0.2, 0.25) is 0 Å². The SMILES string of the molecule is C[C@H]1CCN1c1nc(-n2ccc(C3CN(C)C3)n2)cc(C(F)(F)F)c1C#N. The lowest BCUT2D eigenvalue weighted by molar-refractivity contribution is -0.137. The molecule has 4 rings (SSSR count). The third kappa shape index (κ3) is 3.04. The molecule has 0 unspecified atom stereocenters. The van der Waals surface area contributed by atoms with Crippen LogP contribution in [-0.4, -0.2) is 52.4 Å². The summed E-state index contributed by atoms with van der Waals surface area (Å²) in [6, 6.07) is 4.49. The number of nitriles is 1. The fraction of sp³-hybridized carbons (Fsp3) is 0.500. The maximum atomic E-state index is 13.6. The first kappa shape index (κ1) is 17.8. The van der Waals surface area contributed by atoms with Crippen molar-refractivity contribution in [1.29, 1.82) is 5.26 Å². The number of halogens is 3. The van der Waals surface area contributed by atoms with Gasteiger partial charge in [0.15, 0.2) is 5.82 Å². The van der Waals surface area contributed by atoms with Crippen LogP contribution in [0.5, 0.6) is 0 Å². The summed E-state index contributed by atoms with van der Waals surface area (Å²) in [6.07, 6.45) is -2.15. The third-order valence-corrected chi connectivity index (χ3v) is 5.32. The van der Waals surface area contributed by atoms with E-state index in [1.165, 1.54) is 4.68 Å². The molecular weight excluding hydrogens is 357 g/mol. The number of alkyl halides is 3. The zero-order chi connectivity index (χ0) is 19.3. The summed E-state index contributed by atoms with van der Waals surface area (Å²) in [6.45, 7) is 4.25. The Kier molecular flexibility index (Phi) is 4.11. The number of aromatic nitrogens is 3. The number of hydrogen-bond donors (Lipinski definition) is 0. The second kappa shape index (κ2) is 6.23. The van der Waals surface area contributed by atoms with Gasteiger partial charge in [-0.25, -0.2) is 9.67 Å². The second-order valence-corrected chi connectivity index (χ2v) is 7.27. The molecule has 4 heterocycles. The van der Waals surface area contributed by atoms with E-state index in [0.29, 0.717) is 6.54 Å². The van der Waals surface area contributed by atoms with Gasteiger partial charge in [-0.15, -0.1) is 0 Å². The molecule has 2 aromatic heterocycles. The maximum absolute atomic E-state index is 13.6. The molecule has 2 fully saturated rings. The summed E-state index contributed by atoms with van der Waals surface area (Å²) < 4.78 is 42.2. The first-order valence-corrected chi connectivity index (χ1v) is 8.81. The van der Waals surface area contributed by atoms with Crippen LogP contribution in [0, 0.1) is 11.3 Å². The Hall–Kier alpha value is -2.60. The Morgan fingerprint density at radius 1 is 1.30 bits per heavy atom. The fourth-order valence-electron chi connectivity index (χ4n) is 3.58. The molecule has 0 aliphatic carbocycles. The van der Waals surface area contributed by atoms with E-state index in [1.807, 2.05) is 20.0 Å². The van der Waals surface area contributed by atoms with Crippen molar-refractivity contribution in [3.63, 3.8) is 0 Å². The zero-order valence-corrected chi connectivity index (χ0v) is 15.0. The van der Waals surface area contributed by atoms with Gasteiger partial charge in [-0.05, 0) is 32.5 Å². The highest BCUT2D eigenvalue weighted by Gasteiger charge is 2.39. The molecule has 0 aromatic carbocycles. The molecule has 2 aliphatic rings. The van der Waals surface area contributed by atoms with Crippen LogP contribution in [0.15, 0.2) is 18.3 Å². The summed E-state index contributed by atoms with van der Waals surface area (Å²) in [5.41, 5.74) is -0.554. The topological polar surface area (TPSA) is 61.0 Å². The van der Waals surface area contributed by atoms with Gasteiger partial charge in [0.1, 0.15) is 17.5 Å². The number of pyridine rings is 1. The van der Waals surface area contributed by atoms with Gasteiger partial charge in [0.05, 0.1) is 11.3 Å². The second-order valence-electron chi connectivity index (χ2n) is 7.27. The Labute approximate surface area is 154 Å². The van der Waals surface area contributed by atoms with Crippen molar-refractivity contribution >= 4 is 5.82 Å². The van der Waals surface area contributed by atoms with E-state index in [1.54, 1.807) is 17.2 Å². The Morgan fingerprint density at radius 2 is 2.04 bits per heavy atom. The molecule has 2 aromatic rings. The van der Waals surface area contributed by atoms with Crippen LogP contribution < -0.4 is 4.90 Å². The van der Waals surface area contributed by atoms with E-state index in [9.17, 15) is 18.4 Å². The number of hydrogen-bond acceptors (Lipinski definition) is 5. The Morgan fingerprint density at radius 3 is 2.56 bits per heavy atom. The van der Waals surface area contributed by atoms with Gasteiger partial charge < -0.3 is 9.80 Å². The average Bonchev–Trinajstić information content (AvgIpc) is 3.05. The molecule has 2 saturated heterocycles. The van der Waals surface area contributed by atoms with Crippen molar-refractivity contribution in [2.45, 2.75) is 31.5 Å². The van der Waals surface area contributed by atoms with Crippen molar-refractivity contribution in [2.24, 2.45) is 0 Å². The summed E-state index contributed by atoms with van der Waals surface area (Å²) in [4.78, 5) is 8.27. The molecule has 0 spiro atoms. The van der Waals surface area contributed by atoms with E-state index < -0.39 is 17.3 Å². The molecule has 27 heavy (non-hydrogen) atoms. The molecule has 2 aliphatic heterocycles. The first-order chi connectivity index (χ1) is 12.8. The number of rotatable bonds is 3. The van der Waals surface area contributed by atoms with E-state index in [-0.39, 0.29) is 23.6 Å². The van der Waals surface area contributed by atoms with Crippen molar-refractivity contribution in [2.75, 3.05) is 31.6 Å². The summed E-state index contributed by atoms with van der Waals surface area (Å²) in [7, 11) is 2.01. The lowest BCUT2D eigenvalue weighted by atomic mass is 9.98. The van der Waals surface area contributed by atoms with Gasteiger partial charge >= 0.3 is 6.18 Å². The standard InChI is InChI=1S/C18H19F3N6/c1-11-3-5-26(11)17-13(8-22)14(18(19,20)21)7-16(23-17)27-6-4-15(24-27)12-9-25(2)10-12/h4,6-7,11-12H,3,5,9-10H2,1-2H3/t11-/m0/s1.